The first-order valence-electron chi connectivity index (χ1n) is 12.0. The number of esters is 1. The predicted molar refractivity (Wildman–Crippen MR) is 130 cm³/mol. The molecule has 37 heavy (non-hydrogen) atoms. The van der Waals surface area contributed by atoms with E-state index in [0.717, 1.165) is 6.07 Å². The van der Waals surface area contributed by atoms with Crippen molar-refractivity contribution >= 4 is 11.5 Å². The first kappa shape index (κ1) is 26.4. The van der Waals surface area contributed by atoms with Crippen LogP contribution in [0, 0.1) is 41.9 Å². The Labute approximate surface area is 211 Å². The van der Waals surface area contributed by atoms with Gasteiger partial charge in [0.2, 0.25) is 5.82 Å². The van der Waals surface area contributed by atoms with Crippen molar-refractivity contribution in [1.82, 2.24) is 0 Å². The van der Waals surface area contributed by atoms with E-state index in [4.69, 9.17) is 9.47 Å². The van der Waals surface area contributed by atoms with Crippen molar-refractivity contribution in [3.8, 4) is 22.6 Å². The Hall–Kier alpha value is -3.68. The van der Waals surface area contributed by atoms with E-state index in [-0.39, 0.29) is 46.8 Å². The Balaban J connectivity index is 1.45. The van der Waals surface area contributed by atoms with E-state index in [0.29, 0.717) is 24.8 Å². The van der Waals surface area contributed by atoms with Crippen LogP contribution in [0.1, 0.15) is 43.7 Å². The first-order chi connectivity index (χ1) is 17.7. The third-order valence-electron chi connectivity index (χ3n) is 6.32. The summed E-state index contributed by atoms with van der Waals surface area (Å²) in [4.78, 5) is 12.6. The smallest absolute Gasteiger partial charge is 0.314 e. The quantitative estimate of drug-likeness (QED) is 0.182. The molecule has 1 atom stereocenters. The highest BCUT2D eigenvalue weighted by Gasteiger charge is 2.26. The summed E-state index contributed by atoms with van der Waals surface area (Å²) in [5.41, 5.74) is 0.498. The van der Waals surface area contributed by atoms with Gasteiger partial charge in [-0.2, -0.15) is 4.39 Å². The topological polar surface area (TPSA) is 35.5 Å². The van der Waals surface area contributed by atoms with E-state index >= 15 is 0 Å². The van der Waals surface area contributed by atoms with Crippen molar-refractivity contribution in [2.75, 3.05) is 6.61 Å². The highest BCUT2D eigenvalue weighted by Crippen LogP contribution is 2.35. The van der Waals surface area contributed by atoms with Crippen LogP contribution in [0.25, 0.3) is 16.7 Å². The van der Waals surface area contributed by atoms with Crippen LogP contribution in [-0.2, 0) is 4.79 Å². The number of ether oxygens (including phenoxy) is 2. The summed E-state index contributed by atoms with van der Waals surface area (Å²) >= 11 is 0. The van der Waals surface area contributed by atoms with Crippen LogP contribution in [0.3, 0.4) is 0 Å². The van der Waals surface area contributed by atoms with Crippen molar-refractivity contribution in [1.29, 1.82) is 0 Å². The van der Waals surface area contributed by atoms with Gasteiger partial charge in [-0.3, -0.25) is 4.79 Å². The van der Waals surface area contributed by atoms with Crippen LogP contribution in [0.5, 0.6) is 11.5 Å². The van der Waals surface area contributed by atoms with Crippen LogP contribution in [-0.4, -0.2) is 12.6 Å². The number of aryl methyl sites for hydroxylation is 1. The minimum Gasteiger partial charge on any atom is -0.490 e. The average Bonchev–Trinajstić information content (AvgIpc) is 2.89. The van der Waals surface area contributed by atoms with E-state index in [1.807, 2.05) is 6.92 Å². The Bertz CT molecular complexity index is 1370. The van der Waals surface area contributed by atoms with Crippen LogP contribution in [0.2, 0.25) is 0 Å². The second-order valence-corrected chi connectivity index (χ2v) is 8.91. The zero-order chi connectivity index (χ0) is 26.7. The number of hydrogen-bond acceptors (Lipinski definition) is 3. The van der Waals surface area contributed by atoms with Gasteiger partial charge in [0, 0.05) is 22.8 Å². The van der Waals surface area contributed by atoms with E-state index in [2.05, 4.69) is 0 Å². The molecule has 3 aromatic carbocycles. The lowest BCUT2D eigenvalue weighted by Crippen LogP contribution is -2.22. The lowest BCUT2D eigenvalue weighted by molar-refractivity contribution is -0.139. The van der Waals surface area contributed by atoms with Crippen molar-refractivity contribution in [3.05, 3.63) is 88.8 Å². The Morgan fingerprint density at radius 3 is 2.27 bits per heavy atom. The van der Waals surface area contributed by atoms with Gasteiger partial charge in [-0.1, -0.05) is 25.1 Å². The minimum atomic E-state index is -1.24. The molecule has 3 aromatic rings. The molecule has 0 amide bonds. The summed E-state index contributed by atoms with van der Waals surface area (Å²) in [6.45, 7) is 3.51. The normalized spacial score (nSPS) is 15.3. The lowest BCUT2D eigenvalue weighted by Gasteiger charge is -2.21. The fourth-order valence-corrected chi connectivity index (χ4v) is 4.23. The molecule has 0 aliphatic heterocycles. The largest absolute Gasteiger partial charge is 0.490 e. The van der Waals surface area contributed by atoms with Gasteiger partial charge in [-0.25, -0.2) is 17.6 Å². The van der Waals surface area contributed by atoms with Gasteiger partial charge >= 0.3 is 5.97 Å². The number of carbonyl (C=O) groups is 1. The molecule has 0 fully saturated rings. The van der Waals surface area contributed by atoms with E-state index < -0.39 is 41.0 Å². The summed E-state index contributed by atoms with van der Waals surface area (Å²) in [6.07, 6.45) is 3.23. The van der Waals surface area contributed by atoms with Crippen LogP contribution in [0.4, 0.5) is 22.0 Å². The molecule has 1 unspecified atom stereocenters. The highest BCUT2D eigenvalue weighted by atomic mass is 19.2. The van der Waals surface area contributed by atoms with Gasteiger partial charge in [0.05, 0.1) is 12.5 Å². The summed E-state index contributed by atoms with van der Waals surface area (Å²) in [5.74, 6) is -6.65. The SMILES string of the molecule is CCCOc1ccc(-c2ccc(OC(=O)C3CC=C(c4ccc(C)c(F)c4F)CC3)cc2F)c(F)c1F. The van der Waals surface area contributed by atoms with Crippen molar-refractivity contribution in [2.45, 2.75) is 39.5 Å². The zero-order valence-electron chi connectivity index (χ0n) is 20.3. The maximum absolute atomic E-state index is 14.8. The Morgan fingerprint density at radius 1 is 0.892 bits per heavy atom. The van der Waals surface area contributed by atoms with E-state index in [1.54, 1.807) is 6.08 Å². The molecule has 0 saturated heterocycles. The second kappa shape index (κ2) is 11.2. The molecule has 194 valence electrons. The molecule has 0 N–H and O–H groups in total. The zero-order valence-corrected chi connectivity index (χ0v) is 20.3. The molecule has 8 heteroatoms. The molecule has 0 aromatic heterocycles. The predicted octanol–water partition coefficient (Wildman–Crippen LogP) is 7.94. The van der Waals surface area contributed by atoms with E-state index in [9.17, 15) is 26.7 Å². The summed E-state index contributed by atoms with van der Waals surface area (Å²) in [6, 6.07) is 8.91. The molecule has 1 aliphatic rings. The molecule has 3 nitrogen and oxygen atoms in total. The summed E-state index contributed by atoms with van der Waals surface area (Å²) < 4.78 is 82.4. The monoisotopic (exact) mass is 516 g/mol. The molecular formula is C29H25F5O3. The molecule has 0 saturated carbocycles. The van der Waals surface area contributed by atoms with Crippen molar-refractivity contribution in [3.63, 3.8) is 0 Å². The highest BCUT2D eigenvalue weighted by molar-refractivity contribution is 5.78. The molecule has 0 bridgehead atoms. The molecule has 0 spiro atoms. The van der Waals surface area contributed by atoms with Gasteiger partial charge in [-0.05, 0) is 68.0 Å². The number of benzene rings is 3. The van der Waals surface area contributed by atoms with Crippen molar-refractivity contribution < 1.29 is 36.2 Å². The third-order valence-corrected chi connectivity index (χ3v) is 6.32. The summed E-state index contributed by atoms with van der Waals surface area (Å²) in [5, 5.41) is 0. The average molecular weight is 517 g/mol. The maximum atomic E-state index is 14.8. The Kier molecular flexibility index (Phi) is 7.95. The molecule has 0 heterocycles. The van der Waals surface area contributed by atoms with Gasteiger partial charge in [0.25, 0.3) is 0 Å². The first-order valence-corrected chi connectivity index (χ1v) is 12.0. The molecule has 0 radical (unpaired) electrons. The number of rotatable bonds is 7. The molecular weight excluding hydrogens is 491 g/mol. The minimum absolute atomic E-state index is 0.0866. The maximum Gasteiger partial charge on any atom is 0.314 e. The van der Waals surface area contributed by atoms with Crippen molar-refractivity contribution in [2.24, 2.45) is 5.92 Å². The number of hydrogen-bond donors (Lipinski definition) is 0. The van der Waals surface area contributed by atoms with Gasteiger partial charge in [0.15, 0.2) is 23.2 Å². The molecule has 1 aliphatic carbocycles. The number of allylic oxidation sites excluding steroid dienone is 2. The van der Waals surface area contributed by atoms with Gasteiger partial charge in [0.1, 0.15) is 11.6 Å². The number of carbonyl (C=O) groups excluding carboxylic acids is 1. The van der Waals surface area contributed by atoms with E-state index in [1.165, 1.54) is 43.3 Å². The Morgan fingerprint density at radius 2 is 1.59 bits per heavy atom. The van der Waals surface area contributed by atoms with Gasteiger partial charge < -0.3 is 9.47 Å². The lowest BCUT2D eigenvalue weighted by atomic mass is 9.86. The fraction of sp³-hybridized carbons (Fsp3) is 0.276. The summed E-state index contributed by atoms with van der Waals surface area (Å²) in [7, 11) is 0. The van der Waals surface area contributed by atoms with Gasteiger partial charge in [-0.15, -0.1) is 0 Å². The second-order valence-electron chi connectivity index (χ2n) is 8.91. The molecule has 4 rings (SSSR count). The number of halogens is 5. The van der Waals surface area contributed by atoms with Crippen LogP contribution >= 0.6 is 0 Å². The fourth-order valence-electron chi connectivity index (χ4n) is 4.23. The van der Waals surface area contributed by atoms with Crippen LogP contribution < -0.4 is 9.47 Å². The van der Waals surface area contributed by atoms with Crippen LogP contribution in [0.15, 0.2) is 48.5 Å². The third kappa shape index (κ3) is 5.53. The standard InChI is InChI=1S/C29H25F5O3/c1-3-14-36-24-13-12-22(27(33)28(24)34)21-11-9-19(15-23(21)30)37-29(35)18-7-5-17(6-8-18)20-10-4-16(2)25(31)26(20)32/h4-5,9-13,15,18H,3,6-8,14H2,1-2H3.